The number of benzene rings is 2. The van der Waals surface area contributed by atoms with Crippen LogP contribution in [0.5, 0.6) is 0 Å². The fraction of sp³-hybridized carbons (Fsp3) is 0.136. The van der Waals surface area contributed by atoms with E-state index in [4.69, 9.17) is 11.6 Å². The number of Topliss-reactive ketones (excluding diaryl/α,β-unsaturated/α-hetero) is 1. The van der Waals surface area contributed by atoms with Crippen LogP contribution in [0.2, 0.25) is 5.02 Å². The van der Waals surface area contributed by atoms with Crippen LogP contribution >= 0.6 is 38.9 Å². The number of hydrogen-bond acceptors (Lipinski definition) is 5. The number of aliphatic hydroxyl groups is 1. The fourth-order valence-electron chi connectivity index (χ4n) is 3.34. The Labute approximate surface area is 190 Å². The maximum absolute atomic E-state index is 13.1. The zero-order valence-corrected chi connectivity index (χ0v) is 19.2. The lowest BCUT2D eigenvalue weighted by Crippen LogP contribution is -2.29. The lowest BCUT2D eigenvalue weighted by atomic mass is 9.95. The summed E-state index contributed by atoms with van der Waals surface area (Å²) in [6, 6.07) is 13.0. The summed E-state index contributed by atoms with van der Waals surface area (Å²) in [7, 11) is 0. The molecule has 1 aliphatic rings. The Kier molecular flexibility index (Phi) is 5.53. The number of aromatic nitrogens is 1. The highest BCUT2D eigenvalue weighted by atomic mass is 79.9. The van der Waals surface area contributed by atoms with Gasteiger partial charge in [-0.05, 0) is 55.8 Å². The van der Waals surface area contributed by atoms with E-state index < -0.39 is 17.7 Å². The van der Waals surface area contributed by atoms with E-state index in [9.17, 15) is 14.7 Å². The number of aliphatic hydroxyl groups excluding tert-OH is 1. The van der Waals surface area contributed by atoms with Crippen molar-refractivity contribution in [2.75, 3.05) is 4.90 Å². The van der Waals surface area contributed by atoms with Crippen LogP contribution in [0, 0.1) is 13.8 Å². The molecule has 30 heavy (non-hydrogen) atoms. The summed E-state index contributed by atoms with van der Waals surface area (Å²) in [5, 5.41) is 12.0. The maximum Gasteiger partial charge on any atom is 0.301 e. The number of thiazole rings is 1. The Hall–Kier alpha value is -2.48. The Bertz CT molecular complexity index is 1180. The van der Waals surface area contributed by atoms with Gasteiger partial charge in [0.25, 0.3) is 5.78 Å². The molecule has 8 heteroatoms. The number of anilines is 1. The number of ketones is 1. The molecule has 0 saturated carbocycles. The fourth-order valence-corrected chi connectivity index (χ4v) is 4.82. The van der Waals surface area contributed by atoms with Crippen LogP contribution in [0.15, 0.2) is 58.6 Å². The Morgan fingerprint density at radius 3 is 2.47 bits per heavy atom. The van der Waals surface area contributed by atoms with Gasteiger partial charge in [-0.25, -0.2) is 4.98 Å². The van der Waals surface area contributed by atoms with Crippen molar-refractivity contribution in [3.63, 3.8) is 0 Å². The largest absolute Gasteiger partial charge is 0.507 e. The summed E-state index contributed by atoms with van der Waals surface area (Å²) < 4.78 is 0.795. The van der Waals surface area contributed by atoms with Gasteiger partial charge in [0.1, 0.15) is 5.76 Å². The third-order valence-electron chi connectivity index (χ3n) is 4.95. The van der Waals surface area contributed by atoms with Crippen molar-refractivity contribution in [3.05, 3.63) is 85.3 Å². The average Bonchev–Trinajstić information content (AvgIpc) is 3.18. The summed E-state index contributed by atoms with van der Waals surface area (Å²) in [4.78, 5) is 32.9. The summed E-state index contributed by atoms with van der Waals surface area (Å²) in [5.74, 6) is -1.72. The van der Waals surface area contributed by atoms with Crippen LogP contribution in [0.4, 0.5) is 5.13 Å². The smallest absolute Gasteiger partial charge is 0.301 e. The summed E-state index contributed by atoms with van der Waals surface area (Å²) in [6.45, 7) is 3.77. The first kappa shape index (κ1) is 20.8. The molecule has 2 aromatic carbocycles. The summed E-state index contributed by atoms with van der Waals surface area (Å²) in [6.07, 6.45) is 0. The van der Waals surface area contributed by atoms with E-state index in [0.29, 0.717) is 21.3 Å². The quantitative estimate of drug-likeness (QED) is 0.278. The molecule has 0 spiro atoms. The highest BCUT2D eigenvalue weighted by Gasteiger charge is 2.48. The Morgan fingerprint density at radius 2 is 1.87 bits per heavy atom. The predicted octanol–water partition coefficient (Wildman–Crippen LogP) is 5.80. The topological polar surface area (TPSA) is 70.5 Å². The molecule has 0 radical (unpaired) electrons. The number of amides is 1. The third kappa shape index (κ3) is 3.57. The molecule has 1 aliphatic heterocycles. The van der Waals surface area contributed by atoms with Crippen molar-refractivity contribution in [3.8, 4) is 0 Å². The number of halogens is 2. The van der Waals surface area contributed by atoms with Crippen LogP contribution in [0.3, 0.4) is 0 Å². The number of hydrogen-bond donors (Lipinski definition) is 1. The van der Waals surface area contributed by atoms with E-state index in [1.807, 2.05) is 38.1 Å². The zero-order valence-electron chi connectivity index (χ0n) is 16.0. The number of carbonyl (C=O) groups is 2. The van der Waals surface area contributed by atoms with Crippen LogP contribution in [-0.2, 0) is 9.59 Å². The highest BCUT2D eigenvalue weighted by Crippen LogP contribution is 2.44. The summed E-state index contributed by atoms with van der Waals surface area (Å²) >= 11 is 10.7. The normalized spacial score (nSPS) is 18.3. The number of aryl methyl sites for hydroxylation is 2. The molecule has 0 aliphatic carbocycles. The van der Waals surface area contributed by atoms with Gasteiger partial charge in [-0.15, -0.1) is 11.3 Å². The van der Waals surface area contributed by atoms with Crippen molar-refractivity contribution < 1.29 is 14.7 Å². The van der Waals surface area contributed by atoms with Crippen LogP contribution in [-0.4, -0.2) is 21.8 Å². The van der Waals surface area contributed by atoms with E-state index in [2.05, 4.69) is 20.9 Å². The highest BCUT2D eigenvalue weighted by molar-refractivity contribution is 9.10. The van der Waals surface area contributed by atoms with E-state index in [1.165, 1.54) is 16.2 Å². The van der Waals surface area contributed by atoms with Crippen molar-refractivity contribution in [1.29, 1.82) is 0 Å². The van der Waals surface area contributed by atoms with Gasteiger partial charge in [0.15, 0.2) is 5.13 Å². The number of carbonyl (C=O) groups excluding carboxylic acids is 2. The first-order valence-electron chi connectivity index (χ1n) is 9.04. The molecule has 1 atom stereocenters. The molecule has 1 amide bonds. The predicted molar refractivity (Wildman–Crippen MR) is 122 cm³/mol. The molecular formula is C22H16BrClN2O3S. The van der Waals surface area contributed by atoms with Gasteiger partial charge in [-0.3, -0.25) is 14.5 Å². The Balaban J connectivity index is 1.96. The van der Waals surface area contributed by atoms with Gasteiger partial charge < -0.3 is 5.11 Å². The monoisotopic (exact) mass is 502 g/mol. The Morgan fingerprint density at radius 1 is 1.17 bits per heavy atom. The molecular weight excluding hydrogens is 488 g/mol. The van der Waals surface area contributed by atoms with E-state index >= 15 is 0 Å². The minimum atomic E-state index is -0.803. The second-order valence-corrected chi connectivity index (χ2v) is 9.40. The maximum atomic E-state index is 13.1. The molecule has 3 aromatic rings. The standard InChI is InChI=1S/C22H16BrClN2O3S/c1-11-12(2)30-22(25-11)26-18(14-4-3-5-15(23)10-14)17(20(28)21(26)29)19(27)13-6-8-16(24)9-7-13/h3-10,18,27H,1-2H3/b19-17+/t18-/m1/s1. The molecule has 1 fully saturated rings. The van der Waals surface area contributed by atoms with Crippen molar-refractivity contribution >= 4 is 61.4 Å². The van der Waals surface area contributed by atoms with Crippen LogP contribution in [0.1, 0.15) is 27.7 Å². The molecule has 1 N–H and O–H groups in total. The summed E-state index contributed by atoms with van der Waals surface area (Å²) in [5.41, 5.74) is 1.90. The molecule has 4 rings (SSSR count). The molecule has 0 bridgehead atoms. The number of rotatable bonds is 3. The molecule has 5 nitrogen and oxygen atoms in total. The molecule has 152 valence electrons. The van der Waals surface area contributed by atoms with Gasteiger partial charge in [0.05, 0.1) is 17.3 Å². The van der Waals surface area contributed by atoms with Crippen LogP contribution in [0.25, 0.3) is 5.76 Å². The SMILES string of the molecule is Cc1nc(N2C(=O)C(=O)/C(=C(/O)c3ccc(Cl)cc3)[C@H]2c2cccc(Br)c2)sc1C. The minimum absolute atomic E-state index is 0.0194. The first-order chi connectivity index (χ1) is 14.3. The van der Waals surface area contributed by atoms with Crippen molar-refractivity contribution in [2.45, 2.75) is 19.9 Å². The van der Waals surface area contributed by atoms with Crippen molar-refractivity contribution in [2.24, 2.45) is 0 Å². The molecule has 2 heterocycles. The average molecular weight is 504 g/mol. The van der Waals surface area contributed by atoms with Gasteiger partial charge in [-0.2, -0.15) is 0 Å². The first-order valence-corrected chi connectivity index (χ1v) is 11.0. The zero-order chi connectivity index (χ0) is 21.6. The second-order valence-electron chi connectivity index (χ2n) is 6.87. The van der Waals surface area contributed by atoms with E-state index in [-0.39, 0.29) is 11.3 Å². The molecule has 0 unspecified atom stereocenters. The molecule has 1 aromatic heterocycles. The van der Waals surface area contributed by atoms with Gasteiger partial charge in [0, 0.05) is 19.9 Å². The van der Waals surface area contributed by atoms with E-state index in [1.54, 1.807) is 24.3 Å². The second kappa shape index (κ2) is 7.98. The molecule has 1 saturated heterocycles. The third-order valence-corrected chi connectivity index (χ3v) is 6.77. The van der Waals surface area contributed by atoms with E-state index in [0.717, 1.165) is 15.0 Å². The van der Waals surface area contributed by atoms with Crippen molar-refractivity contribution in [1.82, 2.24) is 4.98 Å². The minimum Gasteiger partial charge on any atom is -0.507 e. The van der Waals surface area contributed by atoms with Gasteiger partial charge in [-0.1, -0.05) is 39.7 Å². The van der Waals surface area contributed by atoms with Gasteiger partial charge >= 0.3 is 5.91 Å². The van der Waals surface area contributed by atoms with Crippen LogP contribution < -0.4 is 4.90 Å². The van der Waals surface area contributed by atoms with Gasteiger partial charge in [0.2, 0.25) is 0 Å². The number of nitrogens with zero attached hydrogens (tertiary/aromatic N) is 2. The lowest BCUT2D eigenvalue weighted by molar-refractivity contribution is -0.132. The lowest BCUT2D eigenvalue weighted by Gasteiger charge is -2.23.